The van der Waals surface area contributed by atoms with Gasteiger partial charge in [-0.25, -0.2) is 0 Å². The van der Waals surface area contributed by atoms with Crippen LogP contribution in [0.3, 0.4) is 0 Å². The average Bonchev–Trinajstić information content (AvgIpc) is 2.89. The summed E-state index contributed by atoms with van der Waals surface area (Å²) >= 11 is 0. The van der Waals surface area contributed by atoms with Crippen molar-refractivity contribution >= 4 is 18.3 Å². The van der Waals surface area contributed by atoms with Gasteiger partial charge in [-0.15, -0.1) is 12.4 Å². The van der Waals surface area contributed by atoms with Crippen molar-refractivity contribution in [2.75, 3.05) is 26.2 Å². The lowest BCUT2D eigenvalue weighted by Gasteiger charge is -2.44. The van der Waals surface area contributed by atoms with E-state index in [0.717, 1.165) is 25.6 Å². The largest absolute Gasteiger partial charge is 0.338 e. The summed E-state index contributed by atoms with van der Waals surface area (Å²) in [6, 6.07) is 1.91. The molecule has 3 heterocycles. The van der Waals surface area contributed by atoms with Crippen LogP contribution < -0.4 is 5.32 Å². The minimum absolute atomic E-state index is 0. The van der Waals surface area contributed by atoms with Gasteiger partial charge in [0, 0.05) is 37.8 Å². The monoisotopic (exact) mass is 341 g/mol. The van der Waals surface area contributed by atoms with Crippen molar-refractivity contribution in [1.29, 1.82) is 0 Å². The van der Waals surface area contributed by atoms with Crippen LogP contribution in [0.25, 0.3) is 0 Å². The van der Waals surface area contributed by atoms with Gasteiger partial charge in [-0.2, -0.15) is 0 Å². The molecular weight excluding hydrogens is 310 g/mol. The lowest BCUT2D eigenvalue weighted by molar-refractivity contribution is -0.138. The molecule has 0 aromatic heterocycles. The molecule has 1 amide bonds. The van der Waals surface area contributed by atoms with Gasteiger partial charge in [0.1, 0.15) is 0 Å². The van der Waals surface area contributed by atoms with E-state index in [2.05, 4.69) is 15.1 Å². The highest BCUT2D eigenvalue weighted by Crippen LogP contribution is 2.35. The molecule has 0 spiro atoms. The number of amides is 1. The van der Waals surface area contributed by atoms with E-state index < -0.39 is 0 Å². The number of likely N-dealkylation sites (tertiary alicyclic amines) is 2. The highest BCUT2D eigenvalue weighted by Gasteiger charge is 2.37. The van der Waals surface area contributed by atoms with E-state index in [-0.39, 0.29) is 12.4 Å². The molecule has 23 heavy (non-hydrogen) atoms. The Hall–Kier alpha value is -0.320. The third-order valence-electron chi connectivity index (χ3n) is 6.53. The molecule has 1 N–H and O–H groups in total. The van der Waals surface area contributed by atoms with E-state index in [0.29, 0.717) is 30.6 Å². The maximum Gasteiger partial charge on any atom is 0.237 e. The fourth-order valence-corrected chi connectivity index (χ4v) is 5.38. The summed E-state index contributed by atoms with van der Waals surface area (Å²) in [4.78, 5) is 17.6. The van der Waals surface area contributed by atoms with Crippen molar-refractivity contribution in [1.82, 2.24) is 15.1 Å². The highest BCUT2D eigenvalue weighted by atomic mass is 35.5. The van der Waals surface area contributed by atoms with Crippen molar-refractivity contribution in [2.45, 2.75) is 75.9 Å². The summed E-state index contributed by atoms with van der Waals surface area (Å²) < 4.78 is 0. The standard InChI is InChI=1S/C18H31N3O.ClH/c22-18(13-20-11-9-15-7-8-16(12-20)19-15)21-10-3-5-14-4-1-2-6-17(14)21;/h14-17,19H,1-13H2;1H. The molecule has 4 atom stereocenters. The van der Waals surface area contributed by atoms with E-state index >= 15 is 0 Å². The van der Waals surface area contributed by atoms with Gasteiger partial charge in [-0.05, 0) is 50.9 Å². The molecule has 4 rings (SSSR count). The number of carbonyl (C=O) groups excluding carboxylic acids is 1. The van der Waals surface area contributed by atoms with Gasteiger partial charge in [0.25, 0.3) is 0 Å². The predicted octanol–water partition coefficient (Wildman–Crippen LogP) is 2.42. The number of rotatable bonds is 2. The number of hydrogen-bond acceptors (Lipinski definition) is 3. The average molecular weight is 342 g/mol. The molecule has 5 heteroatoms. The molecule has 4 fully saturated rings. The van der Waals surface area contributed by atoms with Crippen molar-refractivity contribution in [3.63, 3.8) is 0 Å². The number of nitrogens with zero attached hydrogens (tertiary/aromatic N) is 2. The first kappa shape index (κ1) is 17.5. The Balaban J connectivity index is 0.00000156. The Morgan fingerprint density at radius 3 is 2.61 bits per heavy atom. The fraction of sp³-hybridized carbons (Fsp3) is 0.944. The SMILES string of the molecule is Cl.O=C(CN1CCC2CCC(C1)N2)N1CCCC2CCCCC21. The maximum absolute atomic E-state index is 12.9. The fourth-order valence-electron chi connectivity index (χ4n) is 5.38. The van der Waals surface area contributed by atoms with Crippen LogP contribution in [-0.2, 0) is 4.79 Å². The summed E-state index contributed by atoms with van der Waals surface area (Å²) in [5.41, 5.74) is 0. The minimum Gasteiger partial charge on any atom is -0.338 e. The van der Waals surface area contributed by atoms with Gasteiger partial charge in [0.05, 0.1) is 6.54 Å². The molecule has 0 aromatic rings. The van der Waals surface area contributed by atoms with Crippen molar-refractivity contribution in [2.24, 2.45) is 5.92 Å². The Labute approximate surface area is 146 Å². The Bertz CT molecular complexity index is 417. The molecule has 132 valence electrons. The second-order valence-corrected chi connectivity index (χ2v) is 8.00. The number of piperidine rings is 1. The van der Waals surface area contributed by atoms with E-state index in [1.807, 2.05) is 0 Å². The smallest absolute Gasteiger partial charge is 0.237 e. The van der Waals surface area contributed by atoms with Crippen LogP contribution in [0.5, 0.6) is 0 Å². The quantitative estimate of drug-likeness (QED) is 0.837. The summed E-state index contributed by atoms with van der Waals surface area (Å²) in [6.07, 6.45) is 11.7. The van der Waals surface area contributed by atoms with Crippen LogP contribution in [0.4, 0.5) is 0 Å². The lowest BCUT2D eigenvalue weighted by atomic mass is 9.78. The summed E-state index contributed by atoms with van der Waals surface area (Å²) in [6.45, 7) is 3.85. The maximum atomic E-state index is 12.9. The third-order valence-corrected chi connectivity index (χ3v) is 6.53. The molecular formula is C18H32ClN3O. The van der Waals surface area contributed by atoms with Crippen LogP contribution in [0, 0.1) is 5.92 Å². The Morgan fingerprint density at radius 2 is 1.70 bits per heavy atom. The number of hydrogen-bond donors (Lipinski definition) is 1. The molecule has 2 bridgehead atoms. The van der Waals surface area contributed by atoms with Crippen LogP contribution in [0.1, 0.15) is 57.8 Å². The van der Waals surface area contributed by atoms with Crippen LogP contribution in [-0.4, -0.2) is 60.0 Å². The number of halogens is 1. The van der Waals surface area contributed by atoms with E-state index in [1.54, 1.807) is 0 Å². The zero-order chi connectivity index (χ0) is 14.9. The molecule has 3 saturated heterocycles. The van der Waals surface area contributed by atoms with Gasteiger partial charge in [-0.1, -0.05) is 12.8 Å². The van der Waals surface area contributed by atoms with Gasteiger partial charge in [-0.3, -0.25) is 9.69 Å². The van der Waals surface area contributed by atoms with Crippen molar-refractivity contribution in [3.8, 4) is 0 Å². The Morgan fingerprint density at radius 1 is 0.913 bits per heavy atom. The topological polar surface area (TPSA) is 35.6 Å². The van der Waals surface area contributed by atoms with Gasteiger partial charge in [0.15, 0.2) is 0 Å². The molecule has 1 aliphatic carbocycles. The van der Waals surface area contributed by atoms with Gasteiger partial charge in [0.2, 0.25) is 5.91 Å². The first-order chi connectivity index (χ1) is 10.8. The predicted molar refractivity (Wildman–Crippen MR) is 94.9 cm³/mol. The normalized spacial score (nSPS) is 37.7. The molecule has 0 aromatic carbocycles. The minimum atomic E-state index is 0. The summed E-state index contributed by atoms with van der Waals surface area (Å²) in [5.74, 6) is 1.21. The van der Waals surface area contributed by atoms with E-state index in [4.69, 9.17) is 0 Å². The molecule has 4 nitrogen and oxygen atoms in total. The van der Waals surface area contributed by atoms with Crippen molar-refractivity contribution in [3.05, 3.63) is 0 Å². The van der Waals surface area contributed by atoms with Crippen molar-refractivity contribution < 1.29 is 4.79 Å². The summed E-state index contributed by atoms with van der Waals surface area (Å²) in [5, 5.41) is 3.71. The summed E-state index contributed by atoms with van der Waals surface area (Å²) in [7, 11) is 0. The van der Waals surface area contributed by atoms with Crippen LogP contribution in [0.15, 0.2) is 0 Å². The molecule has 4 aliphatic rings. The first-order valence-corrected chi connectivity index (χ1v) is 9.57. The second-order valence-electron chi connectivity index (χ2n) is 8.00. The van der Waals surface area contributed by atoms with Gasteiger partial charge < -0.3 is 10.2 Å². The first-order valence-electron chi connectivity index (χ1n) is 9.57. The second kappa shape index (κ2) is 7.71. The van der Waals surface area contributed by atoms with Gasteiger partial charge >= 0.3 is 0 Å². The number of nitrogens with one attached hydrogen (secondary N) is 1. The number of fused-ring (bicyclic) bond motifs is 3. The number of carbonyl (C=O) groups is 1. The molecule has 4 unspecified atom stereocenters. The zero-order valence-corrected chi connectivity index (χ0v) is 15.0. The highest BCUT2D eigenvalue weighted by molar-refractivity contribution is 5.85. The molecule has 1 saturated carbocycles. The van der Waals surface area contributed by atoms with Crippen LogP contribution in [0.2, 0.25) is 0 Å². The zero-order valence-electron chi connectivity index (χ0n) is 14.2. The van der Waals surface area contributed by atoms with E-state index in [9.17, 15) is 4.79 Å². The molecule has 3 aliphatic heterocycles. The van der Waals surface area contributed by atoms with E-state index in [1.165, 1.54) is 57.8 Å². The molecule has 0 radical (unpaired) electrons. The lowest BCUT2D eigenvalue weighted by Crippen LogP contribution is -2.53. The third kappa shape index (κ3) is 3.85. The van der Waals surface area contributed by atoms with Crippen LogP contribution >= 0.6 is 12.4 Å². The Kier molecular flexibility index (Phi) is 5.87.